The van der Waals surface area contributed by atoms with Crippen molar-refractivity contribution in [1.29, 1.82) is 0 Å². The summed E-state index contributed by atoms with van der Waals surface area (Å²) in [5.74, 6) is 1.67. The maximum absolute atomic E-state index is 7.04. The van der Waals surface area contributed by atoms with Crippen LogP contribution in [0.15, 0.2) is 133 Å². The Balaban J connectivity index is 1.46. The Morgan fingerprint density at radius 3 is 1.27 bits per heavy atom. The van der Waals surface area contributed by atoms with E-state index >= 15 is 0 Å². The molecule has 4 nitrogen and oxygen atoms in total. The Labute approximate surface area is 215 Å². The molecular formula is C32H22N2O2Si. The Hall–Kier alpha value is -4.74. The lowest BCUT2D eigenvalue weighted by Crippen LogP contribution is -2.67. The minimum absolute atomic E-state index is 0.833. The van der Waals surface area contributed by atoms with E-state index in [0.717, 1.165) is 45.0 Å². The highest BCUT2D eigenvalue weighted by Crippen LogP contribution is 2.56. The Morgan fingerprint density at radius 1 is 0.378 bits per heavy atom. The molecular weight excluding hydrogens is 472 g/mol. The molecule has 8 rings (SSSR count). The van der Waals surface area contributed by atoms with Gasteiger partial charge >= 0.3 is 8.88 Å². The third-order valence-corrected chi connectivity index (χ3v) is 10.3. The number of benzene rings is 6. The monoisotopic (exact) mass is 494 g/mol. The average molecular weight is 495 g/mol. The van der Waals surface area contributed by atoms with Gasteiger partial charge in [0, 0.05) is 22.1 Å². The summed E-state index contributed by atoms with van der Waals surface area (Å²) in [6, 6.07) is 46.5. The van der Waals surface area contributed by atoms with Gasteiger partial charge in [-0.2, -0.15) is 0 Å². The highest BCUT2D eigenvalue weighted by atomic mass is 28.4. The van der Waals surface area contributed by atoms with Gasteiger partial charge in [0.05, 0.1) is 11.4 Å². The zero-order valence-electron chi connectivity index (χ0n) is 19.9. The van der Waals surface area contributed by atoms with Crippen LogP contribution in [-0.2, 0) is 0 Å². The van der Waals surface area contributed by atoms with Gasteiger partial charge in [-0.15, -0.1) is 0 Å². The first kappa shape index (κ1) is 20.4. The molecule has 0 aromatic heterocycles. The van der Waals surface area contributed by atoms with E-state index in [1.807, 2.05) is 24.3 Å². The molecule has 0 N–H and O–H groups in total. The number of fused-ring (bicyclic) bond motifs is 4. The number of anilines is 4. The Kier molecular flexibility index (Phi) is 4.21. The minimum atomic E-state index is -3.39. The second-order valence-electron chi connectivity index (χ2n) is 9.36. The zero-order valence-corrected chi connectivity index (χ0v) is 20.9. The molecule has 0 fully saturated rings. The van der Waals surface area contributed by atoms with Gasteiger partial charge in [0.2, 0.25) is 0 Å². The van der Waals surface area contributed by atoms with E-state index in [4.69, 9.17) is 8.85 Å². The molecule has 5 heteroatoms. The van der Waals surface area contributed by atoms with Crippen LogP contribution in [0.4, 0.5) is 22.7 Å². The first-order chi connectivity index (χ1) is 18.3. The number of hydrogen-bond acceptors (Lipinski definition) is 4. The predicted octanol–water partition coefficient (Wildman–Crippen LogP) is 8.19. The fraction of sp³-hybridized carbons (Fsp3) is 0. The van der Waals surface area contributed by atoms with Gasteiger partial charge in [-0.25, -0.2) is 0 Å². The molecule has 6 aromatic carbocycles. The first-order valence-corrected chi connectivity index (χ1v) is 14.2. The quantitative estimate of drug-likeness (QED) is 0.227. The Bertz CT molecular complexity index is 1690. The molecule has 6 aromatic rings. The Morgan fingerprint density at radius 2 is 0.757 bits per heavy atom. The van der Waals surface area contributed by atoms with Crippen molar-refractivity contribution in [1.82, 2.24) is 0 Å². The van der Waals surface area contributed by atoms with E-state index in [0.29, 0.717) is 0 Å². The van der Waals surface area contributed by atoms with Gasteiger partial charge in [0.25, 0.3) is 0 Å². The van der Waals surface area contributed by atoms with E-state index in [1.165, 1.54) is 10.8 Å². The molecule has 176 valence electrons. The third kappa shape index (κ3) is 2.83. The lowest BCUT2D eigenvalue weighted by atomic mass is 10.1. The fourth-order valence-electron chi connectivity index (χ4n) is 5.72. The molecule has 2 aliphatic rings. The largest absolute Gasteiger partial charge is 0.734 e. The van der Waals surface area contributed by atoms with E-state index in [-0.39, 0.29) is 0 Å². The molecule has 0 amide bonds. The molecule has 0 radical (unpaired) electrons. The van der Waals surface area contributed by atoms with Gasteiger partial charge in [0.15, 0.2) is 0 Å². The molecule has 0 saturated heterocycles. The molecule has 0 aliphatic carbocycles. The van der Waals surface area contributed by atoms with Crippen LogP contribution in [0.5, 0.6) is 11.5 Å². The van der Waals surface area contributed by atoms with Crippen LogP contribution in [0.1, 0.15) is 0 Å². The zero-order chi connectivity index (χ0) is 24.4. The second kappa shape index (κ2) is 7.63. The van der Waals surface area contributed by atoms with Crippen LogP contribution in [0.2, 0.25) is 0 Å². The van der Waals surface area contributed by atoms with Crippen LogP contribution in [-0.4, -0.2) is 8.88 Å². The maximum Gasteiger partial charge on any atom is 0.734 e. The second-order valence-corrected chi connectivity index (χ2v) is 11.8. The lowest BCUT2D eigenvalue weighted by Gasteiger charge is -2.36. The summed E-state index contributed by atoms with van der Waals surface area (Å²) in [4.78, 5) is 0. The predicted molar refractivity (Wildman–Crippen MR) is 152 cm³/mol. The van der Waals surface area contributed by atoms with Crippen molar-refractivity contribution in [2.24, 2.45) is 0 Å². The summed E-state index contributed by atoms with van der Waals surface area (Å²) >= 11 is 0. The smallest absolute Gasteiger partial charge is 0.478 e. The number of hydrogen-bond donors (Lipinski definition) is 0. The van der Waals surface area contributed by atoms with Gasteiger partial charge in [-0.1, -0.05) is 97.1 Å². The standard InChI is InChI=1S/C32H22N2O2Si/c1-3-15-25-23(11-1)13-9-19-27(25)33-29-17-5-7-21-31(29)35-37(33)34(30-18-6-8-22-32(30)36-37)28-20-10-14-24-12-2-4-16-26(24)28/h1-22H. The average Bonchev–Trinajstić information content (AvgIpc) is 3.45. The highest BCUT2D eigenvalue weighted by Gasteiger charge is 2.68. The highest BCUT2D eigenvalue weighted by molar-refractivity contribution is 6.82. The van der Waals surface area contributed by atoms with Crippen molar-refractivity contribution in [3.05, 3.63) is 133 Å². The number of para-hydroxylation sites is 4. The van der Waals surface area contributed by atoms with Crippen molar-refractivity contribution >= 4 is 53.2 Å². The first-order valence-electron chi connectivity index (χ1n) is 12.5. The maximum atomic E-state index is 7.04. The van der Waals surface area contributed by atoms with Crippen molar-refractivity contribution in [3.8, 4) is 11.5 Å². The number of rotatable bonds is 2. The topological polar surface area (TPSA) is 24.9 Å². The van der Waals surface area contributed by atoms with Crippen molar-refractivity contribution in [2.75, 3.05) is 9.13 Å². The molecule has 0 bridgehead atoms. The van der Waals surface area contributed by atoms with Crippen LogP contribution in [0.25, 0.3) is 21.5 Å². The van der Waals surface area contributed by atoms with Crippen molar-refractivity contribution < 1.29 is 8.85 Å². The van der Waals surface area contributed by atoms with Crippen LogP contribution in [0.3, 0.4) is 0 Å². The van der Waals surface area contributed by atoms with Crippen LogP contribution in [0, 0.1) is 0 Å². The SMILES string of the molecule is c1ccc2c(c1)O[Si]1(Oc3ccccc3N1c1cccc3ccccc13)N2c1cccc2ccccc12. The molecule has 0 atom stereocenters. The van der Waals surface area contributed by atoms with E-state index in [1.54, 1.807) is 0 Å². The summed E-state index contributed by atoms with van der Waals surface area (Å²) in [5, 5.41) is 4.69. The molecule has 2 aliphatic heterocycles. The molecule has 1 spiro atoms. The normalized spacial score (nSPS) is 15.0. The summed E-state index contributed by atoms with van der Waals surface area (Å²) in [7, 11) is -3.39. The van der Waals surface area contributed by atoms with Gasteiger partial charge in [-0.3, -0.25) is 9.13 Å². The van der Waals surface area contributed by atoms with Gasteiger partial charge in [0.1, 0.15) is 11.5 Å². The molecule has 37 heavy (non-hydrogen) atoms. The summed E-state index contributed by atoms with van der Waals surface area (Å²) in [5.41, 5.74) is 4.19. The molecule has 0 saturated carbocycles. The van der Waals surface area contributed by atoms with Crippen LogP contribution < -0.4 is 18.0 Å². The summed E-state index contributed by atoms with van der Waals surface area (Å²) in [6.07, 6.45) is 0. The van der Waals surface area contributed by atoms with Crippen molar-refractivity contribution in [2.45, 2.75) is 0 Å². The molecule has 0 unspecified atom stereocenters. The van der Waals surface area contributed by atoms with E-state index in [9.17, 15) is 0 Å². The fourth-order valence-corrected chi connectivity index (χ4v) is 9.22. The van der Waals surface area contributed by atoms with E-state index < -0.39 is 8.88 Å². The van der Waals surface area contributed by atoms with Crippen molar-refractivity contribution in [3.63, 3.8) is 0 Å². The summed E-state index contributed by atoms with van der Waals surface area (Å²) < 4.78 is 18.8. The molecule has 2 heterocycles. The van der Waals surface area contributed by atoms with Crippen LogP contribution >= 0.6 is 0 Å². The minimum Gasteiger partial charge on any atom is -0.478 e. The number of nitrogens with zero attached hydrogens (tertiary/aromatic N) is 2. The van der Waals surface area contributed by atoms with Gasteiger partial charge < -0.3 is 8.85 Å². The third-order valence-electron chi connectivity index (χ3n) is 7.28. The summed E-state index contributed by atoms with van der Waals surface area (Å²) in [6.45, 7) is 0. The lowest BCUT2D eigenvalue weighted by molar-refractivity contribution is 0.414. The van der Waals surface area contributed by atoms with Gasteiger partial charge in [-0.05, 0) is 47.2 Å². The van der Waals surface area contributed by atoms with E-state index in [2.05, 4.69) is 118 Å².